The van der Waals surface area contributed by atoms with Crippen molar-refractivity contribution in [2.75, 3.05) is 19.6 Å². The zero-order chi connectivity index (χ0) is 23.3. The average molecular weight is 480 g/mol. The molecule has 0 amide bonds. The van der Waals surface area contributed by atoms with Gasteiger partial charge in [-0.05, 0) is 84.2 Å². The van der Waals surface area contributed by atoms with E-state index in [-0.39, 0.29) is 17.2 Å². The molecule has 0 spiro atoms. The monoisotopic (exact) mass is 479 g/mol. The summed E-state index contributed by atoms with van der Waals surface area (Å²) in [5.41, 5.74) is 2.24. The maximum absolute atomic E-state index is 13.1. The van der Waals surface area contributed by atoms with Gasteiger partial charge < -0.3 is 18.9 Å². The van der Waals surface area contributed by atoms with Gasteiger partial charge in [-0.15, -0.1) is 0 Å². The topological polar surface area (TPSA) is 41.9 Å². The Morgan fingerprint density at radius 2 is 1.53 bits per heavy atom. The number of halogens is 1. The minimum absolute atomic E-state index is 0.00765. The summed E-state index contributed by atoms with van der Waals surface area (Å²) in [5, 5.41) is 0.00765. The minimum Gasteiger partial charge on any atom is -0.490 e. The van der Waals surface area contributed by atoms with Crippen LogP contribution in [0.15, 0.2) is 78.9 Å². The third-order valence-electron chi connectivity index (χ3n) is 6.95. The van der Waals surface area contributed by atoms with Gasteiger partial charge in [-0.25, -0.2) is 4.39 Å². The number of fused-ring (bicyclic) bond motifs is 1. The Bertz CT molecular complexity index is 1030. The first-order valence-corrected chi connectivity index (χ1v) is 12.7. The molecule has 1 saturated heterocycles. The van der Waals surface area contributed by atoms with Crippen LogP contribution in [0.25, 0.3) is 0 Å². The van der Waals surface area contributed by atoms with E-state index in [1.807, 2.05) is 30.3 Å². The van der Waals surface area contributed by atoms with Gasteiger partial charge in [0.2, 0.25) is 0 Å². The summed E-state index contributed by atoms with van der Waals surface area (Å²) in [4.78, 5) is 2.47. The lowest BCUT2D eigenvalue weighted by atomic mass is 10.0. The zero-order valence-corrected chi connectivity index (χ0v) is 19.9. The lowest BCUT2D eigenvalue weighted by Crippen LogP contribution is -2.28. The molecule has 2 aliphatic rings. The average Bonchev–Trinajstić information content (AvgIpc) is 3.42. The molecular weight excluding hydrogens is 449 g/mol. The second-order valence-corrected chi connectivity index (χ2v) is 10.1. The third kappa shape index (κ3) is 5.74. The highest BCUT2D eigenvalue weighted by molar-refractivity contribution is 7.94. The molecule has 0 bridgehead atoms. The highest BCUT2D eigenvalue weighted by Gasteiger charge is 2.42. The van der Waals surface area contributed by atoms with Crippen LogP contribution in [-0.4, -0.2) is 35.2 Å². The molecule has 1 saturated carbocycles. The summed E-state index contributed by atoms with van der Waals surface area (Å²) < 4.78 is 35.1. The number of rotatable bonds is 9. The van der Waals surface area contributed by atoms with E-state index in [0.29, 0.717) is 18.4 Å². The molecule has 5 rings (SSSR count). The summed E-state index contributed by atoms with van der Waals surface area (Å²) in [5.74, 6) is 2.57. The summed E-state index contributed by atoms with van der Waals surface area (Å²) in [6.45, 7) is 3.43. The molecule has 4 nitrogen and oxygen atoms in total. The Labute approximate surface area is 204 Å². The Hall–Kier alpha value is -2.54. The number of ether oxygens (including phenoxy) is 2. The third-order valence-corrected chi connectivity index (χ3v) is 7.63. The summed E-state index contributed by atoms with van der Waals surface area (Å²) in [7, 11) is 0. The van der Waals surface area contributed by atoms with Gasteiger partial charge in [-0.3, -0.25) is 0 Å². The highest BCUT2D eigenvalue weighted by Crippen LogP contribution is 2.41. The summed E-state index contributed by atoms with van der Waals surface area (Å²) >= 11 is 0.920. The maximum Gasteiger partial charge on any atom is 0.123 e. The first kappa shape index (κ1) is 23.2. The predicted octanol–water partition coefficient (Wildman–Crippen LogP) is 6.44. The second-order valence-electron chi connectivity index (χ2n) is 9.34. The lowest BCUT2D eigenvalue weighted by molar-refractivity contribution is 0.185. The first-order valence-electron chi connectivity index (χ1n) is 11.9. The predicted molar refractivity (Wildman–Crippen MR) is 134 cm³/mol. The quantitative estimate of drug-likeness (QED) is 0.358. The molecule has 0 aromatic heterocycles. The maximum atomic E-state index is 13.1. The smallest absolute Gasteiger partial charge is 0.123 e. The minimum atomic E-state index is -0.239. The first-order chi connectivity index (χ1) is 16.7. The van der Waals surface area contributed by atoms with E-state index < -0.39 is 0 Å². The molecule has 0 radical (unpaired) electrons. The van der Waals surface area contributed by atoms with Crippen molar-refractivity contribution in [2.45, 2.75) is 30.8 Å². The fourth-order valence-corrected chi connectivity index (χ4v) is 5.80. The number of nitrogens with zero attached hydrogens (tertiary/aromatic N) is 1. The van der Waals surface area contributed by atoms with Crippen LogP contribution in [0.5, 0.6) is 11.5 Å². The highest BCUT2D eigenvalue weighted by atomic mass is 32.2. The van der Waals surface area contributed by atoms with Gasteiger partial charge in [-0.1, -0.05) is 42.5 Å². The Morgan fingerprint density at radius 1 is 0.882 bits per heavy atom. The standard InChI is InChI=1S/C28H30FNO3S/c29-24-8-12-26(13-9-24)33-27-14-22-16-30(17-23(22)15-27)18-28(34-31)21-6-10-25(11-7-21)32-19-20-4-2-1-3-5-20/h1-13,22-23,27-28,31H,14-19H2/t22-,23+,27+,28?. The van der Waals surface area contributed by atoms with Gasteiger partial charge in [0.25, 0.3) is 0 Å². The van der Waals surface area contributed by atoms with Crippen LogP contribution in [0, 0.1) is 17.7 Å². The molecule has 1 unspecified atom stereocenters. The normalized spacial score (nSPS) is 22.9. The molecule has 1 aliphatic carbocycles. The molecule has 6 heteroatoms. The second kappa shape index (κ2) is 10.8. The Morgan fingerprint density at radius 3 is 2.18 bits per heavy atom. The van der Waals surface area contributed by atoms with Crippen LogP contribution >= 0.6 is 12.0 Å². The van der Waals surface area contributed by atoms with E-state index in [9.17, 15) is 8.94 Å². The van der Waals surface area contributed by atoms with Gasteiger partial charge in [0.1, 0.15) is 23.9 Å². The van der Waals surface area contributed by atoms with Crippen LogP contribution in [0.4, 0.5) is 4.39 Å². The van der Waals surface area contributed by atoms with E-state index >= 15 is 0 Å². The van der Waals surface area contributed by atoms with Gasteiger partial charge in [0.15, 0.2) is 0 Å². The molecule has 1 heterocycles. The molecule has 1 N–H and O–H groups in total. The van der Waals surface area contributed by atoms with Crippen molar-refractivity contribution in [3.05, 3.63) is 95.8 Å². The van der Waals surface area contributed by atoms with E-state index in [0.717, 1.165) is 67.1 Å². The fraction of sp³-hybridized carbons (Fsp3) is 0.357. The van der Waals surface area contributed by atoms with Crippen molar-refractivity contribution >= 4 is 12.0 Å². The van der Waals surface area contributed by atoms with Crippen molar-refractivity contribution in [1.82, 2.24) is 4.90 Å². The molecule has 3 aromatic rings. The molecule has 2 fully saturated rings. The Balaban J connectivity index is 1.10. The van der Waals surface area contributed by atoms with Gasteiger partial charge in [-0.2, -0.15) is 0 Å². The van der Waals surface area contributed by atoms with E-state index in [1.165, 1.54) is 12.1 Å². The van der Waals surface area contributed by atoms with Gasteiger partial charge >= 0.3 is 0 Å². The van der Waals surface area contributed by atoms with E-state index in [1.54, 1.807) is 12.1 Å². The SMILES string of the molecule is OSC(CN1C[C@H]2C[C@H](Oc3ccc(F)cc3)C[C@H]2C1)c1ccc(OCc2ccccc2)cc1. The molecule has 3 aromatic carbocycles. The largest absolute Gasteiger partial charge is 0.490 e. The Kier molecular flexibility index (Phi) is 7.38. The van der Waals surface area contributed by atoms with Gasteiger partial charge in [0, 0.05) is 19.6 Å². The van der Waals surface area contributed by atoms with Crippen molar-refractivity contribution in [1.29, 1.82) is 0 Å². The fourth-order valence-electron chi connectivity index (χ4n) is 5.25. The lowest BCUT2D eigenvalue weighted by Gasteiger charge is -2.24. The number of hydrogen-bond acceptors (Lipinski definition) is 5. The van der Waals surface area contributed by atoms with E-state index in [2.05, 4.69) is 29.2 Å². The van der Waals surface area contributed by atoms with Crippen molar-refractivity contribution < 1.29 is 18.4 Å². The van der Waals surface area contributed by atoms with Crippen molar-refractivity contribution in [2.24, 2.45) is 11.8 Å². The number of likely N-dealkylation sites (tertiary alicyclic amines) is 1. The number of hydrogen-bond donors (Lipinski definition) is 1. The molecule has 178 valence electrons. The summed E-state index contributed by atoms with van der Waals surface area (Å²) in [6.07, 6.45) is 2.26. The zero-order valence-electron chi connectivity index (χ0n) is 19.1. The van der Waals surface area contributed by atoms with Crippen LogP contribution in [-0.2, 0) is 6.61 Å². The molecular formula is C28H30FNO3S. The summed E-state index contributed by atoms with van der Waals surface area (Å²) in [6, 6.07) is 24.5. The molecule has 1 aliphatic heterocycles. The number of benzene rings is 3. The van der Waals surface area contributed by atoms with Crippen LogP contribution in [0.2, 0.25) is 0 Å². The van der Waals surface area contributed by atoms with Crippen molar-refractivity contribution in [3.63, 3.8) is 0 Å². The van der Waals surface area contributed by atoms with E-state index in [4.69, 9.17) is 9.47 Å². The van der Waals surface area contributed by atoms with Crippen LogP contribution in [0.3, 0.4) is 0 Å². The van der Waals surface area contributed by atoms with Crippen molar-refractivity contribution in [3.8, 4) is 11.5 Å². The molecule has 4 atom stereocenters. The van der Waals surface area contributed by atoms with Crippen LogP contribution < -0.4 is 9.47 Å². The van der Waals surface area contributed by atoms with Gasteiger partial charge in [0.05, 0.1) is 11.4 Å². The van der Waals surface area contributed by atoms with Crippen LogP contribution in [0.1, 0.15) is 29.2 Å². The molecule has 34 heavy (non-hydrogen) atoms.